The molecule has 1 amide bonds. The molecule has 2 aliphatic rings. The van der Waals surface area contributed by atoms with Crippen LogP contribution in [0.3, 0.4) is 0 Å². The van der Waals surface area contributed by atoms with E-state index in [1.165, 1.54) is 16.7 Å². The molecule has 1 aliphatic heterocycles. The van der Waals surface area contributed by atoms with Crippen LogP contribution in [0, 0.1) is 6.92 Å². The number of amides is 1. The Morgan fingerprint density at radius 2 is 2.00 bits per heavy atom. The topological polar surface area (TPSA) is 94.4 Å². The lowest BCUT2D eigenvalue weighted by Crippen LogP contribution is -2.56. The molecule has 4 rings (SSSR count). The summed E-state index contributed by atoms with van der Waals surface area (Å²) in [6, 6.07) is 1.42. The van der Waals surface area contributed by atoms with E-state index in [1.807, 2.05) is 0 Å². The monoisotopic (exact) mass is 454 g/mol. The van der Waals surface area contributed by atoms with Gasteiger partial charge in [0.05, 0.1) is 25.9 Å². The van der Waals surface area contributed by atoms with Crippen LogP contribution in [-0.2, 0) is 11.4 Å². The molecule has 2 aromatic rings. The highest BCUT2D eigenvalue weighted by molar-refractivity contribution is 5.68. The lowest BCUT2D eigenvalue weighted by atomic mass is 9.92. The third-order valence-electron chi connectivity index (χ3n) is 5.66. The summed E-state index contributed by atoms with van der Waals surface area (Å²) in [6.45, 7) is 1.70. The highest BCUT2D eigenvalue weighted by Crippen LogP contribution is 2.34. The van der Waals surface area contributed by atoms with Crippen molar-refractivity contribution in [3.8, 4) is 11.8 Å². The number of likely N-dealkylation sites (tertiary alicyclic amines) is 1. The number of alkyl halides is 3. The summed E-state index contributed by atoms with van der Waals surface area (Å²) in [5.74, 6) is -1.82. The number of carbonyl (C=O) groups excluding carboxylic acids is 1. The molecule has 0 unspecified atom stereocenters. The van der Waals surface area contributed by atoms with E-state index in [4.69, 9.17) is 4.74 Å². The van der Waals surface area contributed by atoms with Gasteiger partial charge in [0.2, 0.25) is 11.8 Å². The van der Waals surface area contributed by atoms with Crippen molar-refractivity contribution in [2.45, 2.75) is 57.3 Å². The van der Waals surface area contributed by atoms with Crippen molar-refractivity contribution in [1.29, 1.82) is 0 Å². The fraction of sp³-hybridized carbons (Fsp3) is 0.600. The summed E-state index contributed by atoms with van der Waals surface area (Å²) in [5, 5.41) is 7.36. The van der Waals surface area contributed by atoms with Crippen LogP contribution in [0.1, 0.15) is 36.9 Å². The molecule has 0 aromatic carbocycles. The second kappa shape index (κ2) is 8.83. The second-order valence-electron chi connectivity index (χ2n) is 8.12. The first kappa shape index (κ1) is 22.2. The first-order valence-electron chi connectivity index (χ1n) is 10.4. The molecule has 174 valence electrons. The summed E-state index contributed by atoms with van der Waals surface area (Å²) < 4.78 is 52.0. The van der Waals surface area contributed by atoms with Gasteiger partial charge in [0.15, 0.2) is 0 Å². The Morgan fingerprint density at radius 3 is 2.62 bits per heavy atom. The molecule has 1 aliphatic carbocycles. The summed E-state index contributed by atoms with van der Waals surface area (Å²) in [7, 11) is 1.31. The molecule has 9 nitrogen and oxygen atoms in total. The number of ether oxygens (including phenoxy) is 2. The number of carbonyl (C=O) groups is 1. The maximum atomic E-state index is 13.5. The van der Waals surface area contributed by atoms with Crippen molar-refractivity contribution < 1.29 is 27.4 Å². The molecule has 2 aromatic heterocycles. The van der Waals surface area contributed by atoms with Crippen molar-refractivity contribution in [2.24, 2.45) is 0 Å². The smallest absolute Gasteiger partial charge is 0.409 e. The maximum Gasteiger partial charge on any atom is 0.409 e. The number of halogens is 3. The Balaban J connectivity index is 1.53. The molecule has 0 atom stereocenters. The number of methoxy groups -OCH3 is 1. The number of hydrogen-bond acceptors (Lipinski definition) is 7. The van der Waals surface area contributed by atoms with Gasteiger partial charge < -0.3 is 19.7 Å². The van der Waals surface area contributed by atoms with Crippen molar-refractivity contribution in [2.75, 3.05) is 25.5 Å². The lowest BCUT2D eigenvalue weighted by molar-refractivity contribution is -0.0361. The zero-order valence-electron chi connectivity index (χ0n) is 17.9. The molecule has 2 fully saturated rings. The first-order chi connectivity index (χ1) is 15.3. The van der Waals surface area contributed by atoms with E-state index in [9.17, 15) is 18.0 Å². The third kappa shape index (κ3) is 4.89. The molecule has 1 N–H and O–H groups in total. The van der Waals surface area contributed by atoms with Gasteiger partial charge in [-0.1, -0.05) is 0 Å². The zero-order chi connectivity index (χ0) is 22.9. The van der Waals surface area contributed by atoms with Gasteiger partial charge >= 0.3 is 6.09 Å². The Hall–Kier alpha value is -3.05. The molecule has 12 heteroatoms. The quantitative estimate of drug-likeness (QED) is 0.716. The third-order valence-corrected chi connectivity index (χ3v) is 5.66. The summed E-state index contributed by atoms with van der Waals surface area (Å²) >= 11 is 0. The highest BCUT2D eigenvalue weighted by Gasteiger charge is 2.36. The van der Waals surface area contributed by atoms with Gasteiger partial charge in [0.25, 0.3) is 5.95 Å². The minimum Gasteiger partial charge on any atom is -0.470 e. The number of rotatable bonds is 6. The molecule has 1 saturated carbocycles. The Bertz CT molecular complexity index is 969. The van der Waals surface area contributed by atoms with Gasteiger partial charge in [-0.3, -0.25) is 0 Å². The molecule has 0 bridgehead atoms. The fourth-order valence-electron chi connectivity index (χ4n) is 3.74. The summed E-state index contributed by atoms with van der Waals surface area (Å²) in [6.07, 6.45) is 1.15. The Labute approximate surface area is 182 Å². The maximum absolute atomic E-state index is 13.5. The van der Waals surface area contributed by atoms with E-state index in [2.05, 4.69) is 25.1 Å². The normalized spacial score (nSPS) is 18.8. The van der Waals surface area contributed by atoms with Gasteiger partial charge in [0.1, 0.15) is 18.6 Å². The first-order valence-corrected chi connectivity index (χ1v) is 10.4. The van der Waals surface area contributed by atoms with Crippen LogP contribution in [0.2, 0.25) is 0 Å². The molecular weight excluding hydrogens is 429 g/mol. The number of aryl methyl sites for hydroxylation is 1. The van der Waals surface area contributed by atoms with E-state index < -0.39 is 18.7 Å². The number of aromatic nitrogens is 4. The predicted molar refractivity (Wildman–Crippen MR) is 108 cm³/mol. The SMILES string of the molecule is COC(=O)N1CC(Oc2cc(NC3CCC(F)(F)CC3)nc(-n3cc(C)c(CF)n3)n2)C1. The van der Waals surface area contributed by atoms with Gasteiger partial charge in [0, 0.05) is 31.1 Å². The van der Waals surface area contributed by atoms with Crippen molar-refractivity contribution in [3.05, 3.63) is 23.5 Å². The number of nitrogens with one attached hydrogen (secondary N) is 1. The average Bonchev–Trinajstić information content (AvgIpc) is 3.12. The Kier molecular flexibility index (Phi) is 6.11. The standard InChI is InChI=1S/C20H25F3N6O3/c1-12-9-29(27-15(12)8-21)18-25-16(24-13-3-5-20(22,23)6-4-13)7-17(26-18)32-14-10-28(11-14)19(30)31-2/h7,9,13-14H,3-6,8,10-11H2,1-2H3,(H,24,25,26). The zero-order valence-corrected chi connectivity index (χ0v) is 17.9. The molecule has 1 saturated heterocycles. The summed E-state index contributed by atoms with van der Waals surface area (Å²) in [5.41, 5.74) is 0.927. The van der Waals surface area contributed by atoms with Crippen LogP contribution >= 0.6 is 0 Å². The van der Waals surface area contributed by atoms with Crippen LogP contribution < -0.4 is 10.1 Å². The van der Waals surface area contributed by atoms with E-state index in [-0.39, 0.29) is 42.5 Å². The van der Waals surface area contributed by atoms with E-state index in [0.29, 0.717) is 37.3 Å². The number of nitrogens with zero attached hydrogens (tertiary/aromatic N) is 5. The van der Waals surface area contributed by atoms with Crippen LogP contribution in [0.25, 0.3) is 5.95 Å². The molecule has 3 heterocycles. The van der Waals surface area contributed by atoms with Gasteiger partial charge in [-0.2, -0.15) is 15.1 Å². The Morgan fingerprint density at radius 1 is 1.28 bits per heavy atom. The number of anilines is 1. The number of hydrogen-bond donors (Lipinski definition) is 1. The van der Waals surface area contributed by atoms with Crippen LogP contribution in [0.4, 0.5) is 23.8 Å². The molecule has 0 spiro atoms. The fourth-order valence-corrected chi connectivity index (χ4v) is 3.74. The summed E-state index contributed by atoms with van der Waals surface area (Å²) in [4.78, 5) is 21.8. The minimum atomic E-state index is -2.63. The van der Waals surface area contributed by atoms with E-state index >= 15 is 0 Å². The predicted octanol–water partition coefficient (Wildman–Crippen LogP) is 3.26. The average molecular weight is 454 g/mol. The second-order valence-corrected chi connectivity index (χ2v) is 8.12. The lowest BCUT2D eigenvalue weighted by Gasteiger charge is -2.37. The molecule has 0 radical (unpaired) electrons. The van der Waals surface area contributed by atoms with Crippen LogP contribution in [0.5, 0.6) is 5.88 Å². The van der Waals surface area contributed by atoms with Crippen LogP contribution in [-0.4, -0.2) is 69.0 Å². The van der Waals surface area contributed by atoms with Gasteiger partial charge in [-0.15, -0.1) is 0 Å². The largest absolute Gasteiger partial charge is 0.470 e. The van der Waals surface area contributed by atoms with E-state index in [0.717, 1.165) is 0 Å². The van der Waals surface area contributed by atoms with E-state index in [1.54, 1.807) is 19.2 Å². The molecular formula is C20H25F3N6O3. The van der Waals surface area contributed by atoms with Crippen LogP contribution in [0.15, 0.2) is 12.3 Å². The van der Waals surface area contributed by atoms with Gasteiger partial charge in [-0.25, -0.2) is 22.6 Å². The highest BCUT2D eigenvalue weighted by atomic mass is 19.3. The van der Waals surface area contributed by atoms with Crippen molar-refractivity contribution >= 4 is 11.9 Å². The van der Waals surface area contributed by atoms with Gasteiger partial charge in [-0.05, 0) is 25.3 Å². The van der Waals surface area contributed by atoms with Crippen molar-refractivity contribution in [3.63, 3.8) is 0 Å². The van der Waals surface area contributed by atoms with Crippen molar-refractivity contribution in [1.82, 2.24) is 24.6 Å². The minimum absolute atomic E-state index is 0.162. The molecule has 32 heavy (non-hydrogen) atoms.